The predicted molar refractivity (Wildman–Crippen MR) is 24.4 cm³/mol. The summed E-state index contributed by atoms with van der Waals surface area (Å²) in [4.78, 5) is 0. The molecule has 2 heteroatoms. The molecule has 0 bridgehead atoms. The standard InChI is InChI=1S/C5H7FO/c6-4-2-1-3-5(4)7/h2,5,7H,1,3H2/t5-/m1/s1. The van der Waals surface area contributed by atoms with Crippen LogP contribution in [0.25, 0.3) is 0 Å². The molecule has 0 heterocycles. The lowest BCUT2D eigenvalue weighted by Crippen LogP contribution is -1.99. The minimum absolute atomic E-state index is 0.361. The molecule has 0 spiro atoms. The molecule has 1 N–H and O–H groups in total. The number of halogens is 1. The van der Waals surface area contributed by atoms with Crippen molar-refractivity contribution in [3.05, 3.63) is 11.9 Å². The fourth-order valence-electron chi connectivity index (χ4n) is 0.653. The van der Waals surface area contributed by atoms with Crippen molar-refractivity contribution < 1.29 is 9.50 Å². The van der Waals surface area contributed by atoms with Crippen LogP contribution in [-0.4, -0.2) is 11.2 Å². The van der Waals surface area contributed by atoms with Crippen LogP contribution in [0.4, 0.5) is 4.39 Å². The summed E-state index contributed by atoms with van der Waals surface area (Å²) in [7, 11) is 0. The molecule has 0 radical (unpaired) electrons. The van der Waals surface area contributed by atoms with E-state index < -0.39 is 6.10 Å². The van der Waals surface area contributed by atoms with Crippen LogP contribution >= 0.6 is 0 Å². The summed E-state index contributed by atoms with van der Waals surface area (Å²) in [5, 5.41) is 8.55. The minimum atomic E-state index is -0.792. The Balaban J connectivity index is 2.54. The molecular weight excluding hydrogens is 95.1 g/mol. The third kappa shape index (κ3) is 0.800. The molecular formula is C5H7FO. The predicted octanol–water partition coefficient (Wildman–Crippen LogP) is 0.994. The van der Waals surface area contributed by atoms with Gasteiger partial charge in [0.2, 0.25) is 0 Å². The summed E-state index contributed by atoms with van der Waals surface area (Å²) in [5.41, 5.74) is 0. The molecule has 0 unspecified atom stereocenters. The second-order valence-corrected chi connectivity index (χ2v) is 1.68. The molecule has 1 atom stereocenters. The van der Waals surface area contributed by atoms with Crippen LogP contribution in [0.3, 0.4) is 0 Å². The fraction of sp³-hybridized carbons (Fsp3) is 0.600. The zero-order valence-corrected chi connectivity index (χ0v) is 3.89. The van der Waals surface area contributed by atoms with Crippen molar-refractivity contribution in [2.24, 2.45) is 0 Å². The van der Waals surface area contributed by atoms with Crippen molar-refractivity contribution in [3.63, 3.8) is 0 Å². The third-order valence-electron chi connectivity index (χ3n) is 1.10. The van der Waals surface area contributed by atoms with Gasteiger partial charge in [0, 0.05) is 0 Å². The highest BCUT2D eigenvalue weighted by molar-refractivity contribution is 5.04. The van der Waals surface area contributed by atoms with E-state index in [1.165, 1.54) is 6.08 Å². The Bertz CT molecular complexity index is 98.3. The van der Waals surface area contributed by atoms with Crippen LogP contribution in [0, 0.1) is 0 Å². The van der Waals surface area contributed by atoms with Gasteiger partial charge in [-0.05, 0) is 12.8 Å². The maximum absolute atomic E-state index is 11.9. The van der Waals surface area contributed by atoms with Crippen molar-refractivity contribution >= 4 is 0 Å². The first kappa shape index (κ1) is 4.78. The van der Waals surface area contributed by atoms with Gasteiger partial charge in [0.05, 0.1) is 0 Å². The molecule has 0 fully saturated rings. The Morgan fingerprint density at radius 1 is 1.86 bits per heavy atom. The van der Waals surface area contributed by atoms with Crippen LogP contribution < -0.4 is 0 Å². The highest BCUT2D eigenvalue weighted by Gasteiger charge is 2.14. The highest BCUT2D eigenvalue weighted by Crippen LogP contribution is 2.18. The second kappa shape index (κ2) is 1.62. The first-order chi connectivity index (χ1) is 3.30. The number of rotatable bonds is 0. The zero-order valence-electron chi connectivity index (χ0n) is 3.89. The lowest BCUT2D eigenvalue weighted by Gasteiger charge is -1.94. The van der Waals surface area contributed by atoms with Gasteiger partial charge in [0.1, 0.15) is 11.9 Å². The van der Waals surface area contributed by atoms with Gasteiger partial charge in [-0.25, -0.2) is 4.39 Å². The van der Waals surface area contributed by atoms with E-state index in [0.717, 1.165) is 0 Å². The Morgan fingerprint density at radius 2 is 2.57 bits per heavy atom. The van der Waals surface area contributed by atoms with E-state index >= 15 is 0 Å². The summed E-state index contributed by atoms with van der Waals surface area (Å²) in [6, 6.07) is 0. The average molecular weight is 102 g/mol. The van der Waals surface area contributed by atoms with E-state index in [-0.39, 0.29) is 5.83 Å². The van der Waals surface area contributed by atoms with Gasteiger partial charge in [-0.1, -0.05) is 6.08 Å². The molecule has 0 aliphatic heterocycles. The highest BCUT2D eigenvalue weighted by atomic mass is 19.1. The van der Waals surface area contributed by atoms with Crippen molar-refractivity contribution in [1.29, 1.82) is 0 Å². The number of aliphatic hydroxyl groups excluding tert-OH is 1. The smallest absolute Gasteiger partial charge is 0.124 e. The number of allylic oxidation sites excluding steroid dienone is 1. The number of hydrogen-bond donors (Lipinski definition) is 1. The van der Waals surface area contributed by atoms with Gasteiger partial charge >= 0.3 is 0 Å². The monoisotopic (exact) mass is 102 g/mol. The molecule has 7 heavy (non-hydrogen) atoms. The Morgan fingerprint density at radius 3 is 2.71 bits per heavy atom. The summed E-state index contributed by atoms with van der Waals surface area (Å²) >= 11 is 0. The molecule has 0 aromatic rings. The quantitative estimate of drug-likeness (QED) is 0.483. The summed E-state index contributed by atoms with van der Waals surface area (Å²) in [5.74, 6) is -0.361. The molecule has 1 aliphatic carbocycles. The van der Waals surface area contributed by atoms with Gasteiger partial charge < -0.3 is 5.11 Å². The maximum atomic E-state index is 11.9. The average Bonchev–Trinajstić information content (AvgIpc) is 1.91. The molecule has 1 nitrogen and oxygen atoms in total. The lowest BCUT2D eigenvalue weighted by molar-refractivity contribution is 0.186. The van der Waals surface area contributed by atoms with Gasteiger partial charge in [-0.2, -0.15) is 0 Å². The third-order valence-corrected chi connectivity index (χ3v) is 1.10. The van der Waals surface area contributed by atoms with Crippen LogP contribution in [0.15, 0.2) is 11.9 Å². The van der Waals surface area contributed by atoms with Crippen LogP contribution in [-0.2, 0) is 0 Å². The topological polar surface area (TPSA) is 20.2 Å². The van der Waals surface area contributed by atoms with Crippen LogP contribution in [0.5, 0.6) is 0 Å². The number of hydrogen-bond acceptors (Lipinski definition) is 1. The van der Waals surface area contributed by atoms with E-state index in [4.69, 9.17) is 5.11 Å². The largest absolute Gasteiger partial charge is 0.386 e. The molecule has 40 valence electrons. The Hall–Kier alpha value is -0.370. The second-order valence-electron chi connectivity index (χ2n) is 1.68. The molecule has 0 aromatic carbocycles. The van der Waals surface area contributed by atoms with Crippen molar-refractivity contribution in [1.82, 2.24) is 0 Å². The van der Waals surface area contributed by atoms with E-state index in [0.29, 0.717) is 12.8 Å². The summed E-state index contributed by atoms with van der Waals surface area (Å²) < 4.78 is 11.9. The minimum Gasteiger partial charge on any atom is -0.386 e. The van der Waals surface area contributed by atoms with E-state index in [1.807, 2.05) is 0 Å². The van der Waals surface area contributed by atoms with E-state index in [9.17, 15) is 4.39 Å². The molecule has 0 saturated heterocycles. The van der Waals surface area contributed by atoms with Crippen molar-refractivity contribution in [2.75, 3.05) is 0 Å². The van der Waals surface area contributed by atoms with Crippen LogP contribution in [0.1, 0.15) is 12.8 Å². The molecule has 1 rings (SSSR count). The normalized spacial score (nSPS) is 30.6. The van der Waals surface area contributed by atoms with Crippen molar-refractivity contribution in [3.8, 4) is 0 Å². The summed E-state index contributed by atoms with van der Waals surface area (Å²) in [6.45, 7) is 0. The van der Waals surface area contributed by atoms with Crippen molar-refractivity contribution in [2.45, 2.75) is 18.9 Å². The molecule has 0 saturated carbocycles. The van der Waals surface area contributed by atoms with Gasteiger partial charge in [-0.15, -0.1) is 0 Å². The first-order valence-corrected chi connectivity index (χ1v) is 2.34. The lowest BCUT2D eigenvalue weighted by atomic mass is 10.3. The molecule has 0 aromatic heterocycles. The fourth-order valence-corrected chi connectivity index (χ4v) is 0.653. The van der Waals surface area contributed by atoms with E-state index in [2.05, 4.69) is 0 Å². The molecule has 0 amide bonds. The van der Waals surface area contributed by atoms with Gasteiger partial charge in [0.25, 0.3) is 0 Å². The SMILES string of the molecule is O[C@@H]1CCC=C1F. The van der Waals surface area contributed by atoms with E-state index in [1.54, 1.807) is 0 Å². The number of aliphatic hydroxyl groups is 1. The Labute approximate surface area is 41.5 Å². The van der Waals surface area contributed by atoms with Gasteiger partial charge in [-0.3, -0.25) is 0 Å². The zero-order chi connectivity index (χ0) is 5.28. The Kier molecular flexibility index (Phi) is 1.11. The van der Waals surface area contributed by atoms with Crippen LogP contribution in [0.2, 0.25) is 0 Å². The maximum Gasteiger partial charge on any atom is 0.124 e. The molecule has 1 aliphatic rings. The summed E-state index contributed by atoms with van der Waals surface area (Å²) in [6.07, 6.45) is 1.88. The first-order valence-electron chi connectivity index (χ1n) is 2.34. The van der Waals surface area contributed by atoms with Gasteiger partial charge in [0.15, 0.2) is 0 Å².